The van der Waals surface area contributed by atoms with E-state index < -0.39 is 5.97 Å². The third-order valence-electron chi connectivity index (χ3n) is 2.68. The number of ether oxygens (including phenoxy) is 1. The summed E-state index contributed by atoms with van der Waals surface area (Å²) < 4.78 is 5.75. The van der Waals surface area contributed by atoms with E-state index in [0.29, 0.717) is 5.69 Å². The Morgan fingerprint density at radius 1 is 1.00 bits per heavy atom. The molecule has 0 fully saturated rings. The molecule has 0 atom stereocenters. The highest BCUT2D eigenvalue weighted by molar-refractivity contribution is 14.1. The lowest BCUT2D eigenvalue weighted by atomic mass is 10.1. The van der Waals surface area contributed by atoms with Crippen molar-refractivity contribution in [3.8, 4) is 0 Å². The molecule has 0 saturated carbocycles. The smallest absolute Gasteiger partial charge is 0.338 e. The fourth-order valence-corrected chi connectivity index (χ4v) is 2.06. The Kier molecular flexibility index (Phi) is 4.73. The van der Waals surface area contributed by atoms with Crippen LogP contribution >= 0.6 is 22.6 Å². The van der Waals surface area contributed by atoms with Gasteiger partial charge >= 0.3 is 5.97 Å². The molecule has 0 aromatic heterocycles. The maximum atomic E-state index is 12.2. The van der Waals surface area contributed by atoms with Gasteiger partial charge in [0, 0.05) is 9.26 Å². The third kappa shape index (κ3) is 3.36. The van der Waals surface area contributed by atoms with E-state index in [4.69, 9.17) is 0 Å². The zero-order chi connectivity index (χ0) is 14.5. The summed E-state index contributed by atoms with van der Waals surface area (Å²) in [5, 5.41) is 2.75. The van der Waals surface area contributed by atoms with E-state index in [-0.39, 0.29) is 17.0 Å². The number of hydrogen-bond donors (Lipinski definition) is 1. The Labute approximate surface area is 130 Å². The Morgan fingerprint density at radius 2 is 1.60 bits per heavy atom. The molecule has 1 N–H and O–H groups in total. The first kappa shape index (κ1) is 14.5. The van der Waals surface area contributed by atoms with Gasteiger partial charge in [-0.25, -0.2) is 4.79 Å². The van der Waals surface area contributed by atoms with Crippen LogP contribution in [0.1, 0.15) is 20.7 Å². The van der Waals surface area contributed by atoms with Crippen LogP contribution in [0.2, 0.25) is 0 Å². The summed E-state index contributed by atoms with van der Waals surface area (Å²) in [5.41, 5.74) is 1.21. The number of rotatable bonds is 3. The minimum absolute atomic E-state index is 0.248. The highest BCUT2D eigenvalue weighted by Gasteiger charge is 2.16. The first-order valence-electron chi connectivity index (χ1n) is 5.86. The van der Waals surface area contributed by atoms with Gasteiger partial charge in [-0.1, -0.05) is 12.1 Å². The van der Waals surface area contributed by atoms with E-state index in [9.17, 15) is 9.59 Å². The molecule has 20 heavy (non-hydrogen) atoms. The van der Waals surface area contributed by atoms with Crippen LogP contribution in [0.3, 0.4) is 0 Å². The third-order valence-corrected chi connectivity index (χ3v) is 3.40. The van der Waals surface area contributed by atoms with Gasteiger partial charge in [0.1, 0.15) is 0 Å². The number of carbonyl (C=O) groups excluding carboxylic acids is 2. The molecule has 0 heterocycles. The zero-order valence-electron chi connectivity index (χ0n) is 10.7. The average molecular weight is 381 g/mol. The second-order valence-electron chi connectivity index (χ2n) is 4.00. The van der Waals surface area contributed by atoms with Crippen LogP contribution < -0.4 is 5.32 Å². The summed E-state index contributed by atoms with van der Waals surface area (Å²) >= 11 is 2.19. The van der Waals surface area contributed by atoms with Gasteiger partial charge in [0.2, 0.25) is 0 Å². The Bertz CT molecular complexity index is 638. The minimum atomic E-state index is -0.529. The standard InChI is InChI=1S/C15H12INO3/c1-20-15(19)13-5-3-2-4-12(13)14(18)17-11-8-6-10(16)7-9-11/h2-9H,1H3,(H,17,18). The quantitative estimate of drug-likeness (QED) is 0.656. The number of amides is 1. The van der Waals surface area contributed by atoms with Crippen molar-refractivity contribution < 1.29 is 14.3 Å². The van der Waals surface area contributed by atoms with Gasteiger partial charge in [-0.2, -0.15) is 0 Å². The molecule has 1 amide bonds. The lowest BCUT2D eigenvalue weighted by Gasteiger charge is -2.08. The molecule has 0 aliphatic carbocycles. The van der Waals surface area contributed by atoms with E-state index in [0.717, 1.165) is 3.57 Å². The number of anilines is 1. The summed E-state index contributed by atoms with van der Waals surface area (Å²) in [6, 6.07) is 13.9. The van der Waals surface area contributed by atoms with Crippen molar-refractivity contribution in [1.82, 2.24) is 0 Å². The predicted molar refractivity (Wildman–Crippen MR) is 84.9 cm³/mol. The number of benzene rings is 2. The van der Waals surface area contributed by atoms with Crippen LogP contribution in [0.4, 0.5) is 5.69 Å². The van der Waals surface area contributed by atoms with Crippen molar-refractivity contribution in [3.05, 3.63) is 63.2 Å². The van der Waals surface area contributed by atoms with Crippen molar-refractivity contribution in [2.75, 3.05) is 12.4 Å². The topological polar surface area (TPSA) is 55.4 Å². The lowest BCUT2D eigenvalue weighted by molar-refractivity contribution is 0.0597. The van der Waals surface area contributed by atoms with Gasteiger partial charge in [0.05, 0.1) is 18.2 Å². The first-order chi connectivity index (χ1) is 9.61. The van der Waals surface area contributed by atoms with Crippen LogP contribution in [0.5, 0.6) is 0 Å². The fraction of sp³-hybridized carbons (Fsp3) is 0.0667. The van der Waals surface area contributed by atoms with Crippen LogP contribution in [-0.4, -0.2) is 19.0 Å². The van der Waals surface area contributed by atoms with E-state index in [1.54, 1.807) is 36.4 Å². The van der Waals surface area contributed by atoms with Crippen molar-refractivity contribution in [1.29, 1.82) is 0 Å². The fourth-order valence-electron chi connectivity index (χ4n) is 1.70. The second-order valence-corrected chi connectivity index (χ2v) is 5.24. The van der Waals surface area contributed by atoms with Crippen molar-refractivity contribution in [3.63, 3.8) is 0 Å². The highest BCUT2D eigenvalue weighted by Crippen LogP contribution is 2.15. The van der Waals surface area contributed by atoms with E-state index in [1.165, 1.54) is 7.11 Å². The van der Waals surface area contributed by atoms with E-state index in [2.05, 4.69) is 32.6 Å². The molecule has 102 valence electrons. The number of carbonyl (C=O) groups is 2. The number of nitrogens with one attached hydrogen (secondary N) is 1. The molecule has 0 saturated heterocycles. The Hall–Kier alpha value is -1.89. The van der Waals surface area contributed by atoms with Gasteiger partial charge < -0.3 is 10.1 Å². The number of methoxy groups -OCH3 is 1. The summed E-state index contributed by atoms with van der Waals surface area (Å²) in [6.45, 7) is 0. The summed E-state index contributed by atoms with van der Waals surface area (Å²) in [5.74, 6) is -0.870. The molecular weight excluding hydrogens is 369 g/mol. The molecule has 2 aromatic rings. The Balaban J connectivity index is 2.25. The summed E-state index contributed by atoms with van der Waals surface area (Å²) in [6.07, 6.45) is 0. The first-order valence-corrected chi connectivity index (χ1v) is 6.94. The van der Waals surface area contributed by atoms with Crippen LogP contribution in [0.25, 0.3) is 0 Å². The van der Waals surface area contributed by atoms with Gasteiger partial charge in [-0.15, -0.1) is 0 Å². The largest absolute Gasteiger partial charge is 0.465 e. The monoisotopic (exact) mass is 381 g/mol. The molecule has 2 aromatic carbocycles. The minimum Gasteiger partial charge on any atom is -0.465 e. The maximum Gasteiger partial charge on any atom is 0.338 e. The molecular formula is C15H12INO3. The normalized spacial score (nSPS) is 9.90. The van der Waals surface area contributed by atoms with Gasteiger partial charge in [-0.05, 0) is 59.0 Å². The summed E-state index contributed by atoms with van der Waals surface area (Å²) in [7, 11) is 1.29. The lowest BCUT2D eigenvalue weighted by Crippen LogP contribution is -2.17. The molecule has 2 rings (SSSR count). The average Bonchev–Trinajstić information content (AvgIpc) is 2.48. The van der Waals surface area contributed by atoms with Gasteiger partial charge in [0.25, 0.3) is 5.91 Å². The highest BCUT2D eigenvalue weighted by atomic mass is 127. The molecule has 0 spiro atoms. The van der Waals surface area contributed by atoms with Crippen LogP contribution in [0, 0.1) is 3.57 Å². The molecule has 0 unspecified atom stereocenters. The molecule has 5 heteroatoms. The van der Waals surface area contributed by atoms with Crippen molar-refractivity contribution in [2.45, 2.75) is 0 Å². The Morgan fingerprint density at radius 3 is 2.20 bits per heavy atom. The zero-order valence-corrected chi connectivity index (χ0v) is 12.9. The van der Waals surface area contributed by atoms with Crippen molar-refractivity contribution >= 4 is 40.2 Å². The summed E-state index contributed by atoms with van der Waals surface area (Å²) in [4.78, 5) is 23.9. The van der Waals surface area contributed by atoms with Crippen molar-refractivity contribution in [2.24, 2.45) is 0 Å². The van der Waals surface area contributed by atoms with Crippen LogP contribution in [0.15, 0.2) is 48.5 Å². The van der Waals surface area contributed by atoms with E-state index in [1.807, 2.05) is 12.1 Å². The number of hydrogen-bond acceptors (Lipinski definition) is 3. The molecule has 4 nitrogen and oxygen atoms in total. The number of halogens is 1. The SMILES string of the molecule is COC(=O)c1ccccc1C(=O)Nc1ccc(I)cc1. The number of esters is 1. The predicted octanol–water partition coefficient (Wildman–Crippen LogP) is 3.33. The maximum absolute atomic E-state index is 12.2. The second kappa shape index (κ2) is 6.51. The molecule has 0 bridgehead atoms. The van der Waals surface area contributed by atoms with Gasteiger partial charge in [0.15, 0.2) is 0 Å². The molecule has 0 aliphatic heterocycles. The van der Waals surface area contributed by atoms with Gasteiger partial charge in [-0.3, -0.25) is 4.79 Å². The van der Waals surface area contributed by atoms with Crippen LogP contribution in [-0.2, 0) is 4.74 Å². The van der Waals surface area contributed by atoms with E-state index >= 15 is 0 Å². The molecule has 0 radical (unpaired) electrons. The molecule has 0 aliphatic rings.